The van der Waals surface area contributed by atoms with Crippen molar-refractivity contribution in [3.8, 4) is 6.07 Å². The number of nitrogens with zero attached hydrogens (tertiary/aromatic N) is 3. The summed E-state index contributed by atoms with van der Waals surface area (Å²) in [5.74, 6) is 0.419. The molecule has 5 nitrogen and oxygen atoms in total. The van der Waals surface area contributed by atoms with Crippen molar-refractivity contribution in [2.75, 3.05) is 11.9 Å². The zero-order chi connectivity index (χ0) is 10.4. The predicted octanol–water partition coefficient (Wildman–Crippen LogP) is 0.531. The van der Waals surface area contributed by atoms with E-state index in [2.05, 4.69) is 15.5 Å². The molecule has 5 heteroatoms. The molecule has 0 bridgehead atoms. The van der Waals surface area contributed by atoms with Crippen molar-refractivity contribution in [3.63, 3.8) is 0 Å². The normalized spacial score (nSPS) is 11.8. The first-order valence-electron chi connectivity index (χ1n) is 4.41. The van der Waals surface area contributed by atoms with Crippen molar-refractivity contribution in [1.82, 2.24) is 10.2 Å². The SMILES string of the molecule is CCC(O)CNc1nnccc1C#N. The molecule has 2 N–H and O–H groups in total. The molecule has 1 unspecified atom stereocenters. The molecule has 1 aromatic rings. The maximum absolute atomic E-state index is 9.29. The average molecular weight is 192 g/mol. The van der Waals surface area contributed by atoms with E-state index in [1.807, 2.05) is 13.0 Å². The van der Waals surface area contributed by atoms with Gasteiger partial charge in [0.1, 0.15) is 6.07 Å². The van der Waals surface area contributed by atoms with Gasteiger partial charge in [0.2, 0.25) is 0 Å². The monoisotopic (exact) mass is 192 g/mol. The van der Waals surface area contributed by atoms with Gasteiger partial charge in [-0.1, -0.05) is 6.92 Å². The van der Waals surface area contributed by atoms with Crippen LogP contribution in [0.15, 0.2) is 12.3 Å². The van der Waals surface area contributed by atoms with Crippen LogP contribution in [0.4, 0.5) is 5.82 Å². The fourth-order valence-corrected chi connectivity index (χ4v) is 0.911. The lowest BCUT2D eigenvalue weighted by Crippen LogP contribution is -2.19. The summed E-state index contributed by atoms with van der Waals surface area (Å²) in [6.07, 6.45) is 1.69. The van der Waals surface area contributed by atoms with Gasteiger partial charge < -0.3 is 10.4 Å². The van der Waals surface area contributed by atoms with Gasteiger partial charge in [-0.2, -0.15) is 10.4 Å². The van der Waals surface area contributed by atoms with Crippen LogP contribution in [0.2, 0.25) is 0 Å². The van der Waals surface area contributed by atoms with Gasteiger partial charge in [0.15, 0.2) is 5.82 Å². The van der Waals surface area contributed by atoms with Crippen molar-refractivity contribution >= 4 is 5.82 Å². The van der Waals surface area contributed by atoms with Crippen LogP contribution >= 0.6 is 0 Å². The molecule has 14 heavy (non-hydrogen) atoms. The lowest BCUT2D eigenvalue weighted by Gasteiger charge is -2.09. The maximum atomic E-state index is 9.29. The van der Waals surface area contributed by atoms with Crippen LogP contribution in [-0.2, 0) is 0 Å². The van der Waals surface area contributed by atoms with Crippen molar-refractivity contribution in [1.29, 1.82) is 5.26 Å². The number of hydrogen-bond acceptors (Lipinski definition) is 5. The van der Waals surface area contributed by atoms with Crippen LogP contribution in [0.25, 0.3) is 0 Å². The molecule has 1 heterocycles. The standard InChI is InChI=1S/C9H12N4O/c1-2-8(14)6-11-9-7(5-10)3-4-12-13-9/h3-4,8,14H,2,6H2,1H3,(H,11,13). The van der Waals surface area contributed by atoms with Crippen molar-refractivity contribution in [2.24, 2.45) is 0 Å². The van der Waals surface area contributed by atoms with Crippen LogP contribution in [0.3, 0.4) is 0 Å². The number of rotatable bonds is 4. The van der Waals surface area contributed by atoms with Gasteiger partial charge in [-0.15, -0.1) is 5.10 Å². The van der Waals surface area contributed by atoms with E-state index in [4.69, 9.17) is 5.26 Å². The quantitative estimate of drug-likeness (QED) is 0.727. The van der Waals surface area contributed by atoms with Gasteiger partial charge >= 0.3 is 0 Å². The molecule has 0 fully saturated rings. The molecular weight excluding hydrogens is 180 g/mol. The molecular formula is C9H12N4O. The molecule has 1 rings (SSSR count). The lowest BCUT2D eigenvalue weighted by molar-refractivity contribution is 0.183. The van der Waals surface area contributed by atoms with Gasteiger partial charge in [-0.05, 0) is 12.5 Å². The largest absolute Gasteiger partial charge is 0.391 e. The topological polar surface area (TPSA) is 81.8 Å². The minimum atomic E-state index is -0.427. The number of aromatic nitrogens is 2. The Labute approximate surface area is 82.4 Å². The van der Waals surface area contributed by atoms with Gasteiger partial charge in [0.25, 0.3) is 0 Å². The van der Waals surface area contributed by atoms with Crippen LogP contribution in [0.5, 0.6) is 0 Å². The van der Waals surface area contributed by atoms with Crippen LogP contribution < -0.4 is 5.32 Å². The van der Waals surface area contributed by atoms with Crippen molar-refractivity contribution < 1.29 is 5.11 Å². The summed E-state index contributed by atoms with van der Waals surface area (Å²) < 4.78 is 0. The summed E-state index contributed by atoms with van der Waals surface area (Å²) in [7, 11) is 0. The first-order valence-corrected chi connectivity index (χ1v) is 4.41. The fourth-order valence-electron chi connectivity index (χ4n) is 0.911. The van der Waals surface area contributed by atoms with Gasteiger partial charge in [0.05, 0.1) is 17.9 Å². The second kappa shape index (κ2) is 5.14. The Morgan fingerprint density at radius 3 is 3.14 bits per heavy atom. The van der Waals surface area contributed by atoms with Crippen LogP contribution in [-0.4, -0.2) is 28.0 Å². The summed E-state index contributed by atoms with van der Waals surface area (Å²) in [4.78, 5) is 0. The molecule has 0 aromatic carbocycles. The molecule has 74 valence electrons. The number of aliphatic hydroxyl groups excluding tert-OH is 1. The van der Waals surface area contributed by atoms with Crippen molar-refractivity contribution in [3.05, 3.63) is 17.8 Å². The van der Waals surface area contributed by atoms with E-state index in [-0.39, 0.29) is 0 Å². The predicted molar refractivity (Wildman–Crippen MR) is 51.5 cm³/mol. The van der Waals surface area contributed by atoms with E-state index in [0.717, 1.165) is 0 Å². The Kier molecular flexibility index (Phi) is 3.83. The molecule has 0 aliphatic carbocycles. The number of anilines is 1. The Hall–Kier alpha value is -1.67. The number of nitriles is 1. The molecule has 0 aliphatic heterocycles. The van der Waals surface area contributed by atoms with E-state index in [1.54, 1.807) is 6.07 Å². The Bertz CT molecular complexity index is 334. The van der Waals surface area contributed by atoms with E-state index in [1.165, 1.54) is 6.20 Å². The van der Waals surface area contributed by atoms with Gasteiger partial charge in [-0.3, -0.25) is 0 Å². The molecule has 0 aliphatic rings. The molecule has 0 amide bonds. The maximum Gasteiger partial charge on any atom is 0.166 e. The fraction of sp³-hybridized carbons (Fsp3) is 0.444. The molecule has 0 saturated carbocycles. The zero-order valence-electron chi connectivity index (χ0n) is 7.94. The molecule has 1 aromatic heterocycles. The zero-order valence-corrected chi connectivity index (χ0v) is 7.94. The van der Waals surface area contributed by atoms with E-state index in [0.29, 0.717) is 24.3 Å². The first-order chi connectivity index (χ1) is 6.77. The summed E-state index contributed by atoms with van der Waals surface area (Å²) >= 11 is 0. The van der Waals surface area contributed by atoms with Crippen molar-refractivity contribution in [2.45, 2.75) is 19.4 Å². The average Bonchev–Trinajstić information content (AvgIpc) is 2.26. The Morgan fingerprint density at radius 1 is 1.71 bits per heavy atom. The minimum absolute atomic E-state index is 0.379. The first kappa shape index (κ1) is 10.4. The summed E-state index contributed by atoms with van der Waals surface area (Å²) in [6.45, 7) is 2.26. The number of aliphatic hydroxyl groups is 1. The number of nitrogens with one attached hydrogen (secondary N) is 1. The highest BCUT2D eigenvalue weighted by molar-refractivity contribution is 5.50. The minimum Gasteiger partial charge on any atom is -0.391 e. The highest BCUT2D eigenvalue weighted by atomic mass is 16.3. The number of hydrogen-bond donors (Lipinski definition) is 2. The third-order valence-corrected chi connectivity index (χ3v) is 1.82. The Morgan fingerprint density at radius 2 is 2.50 bits per heavy atom. The van der Waals surface area contributed by atoms with Gasteiger partial charge in [0, 0.05) is 6.54 Å². The van der Waals surface area contributed by atoms with Gasteiger partial charge in [-0.25, -0.2) is 0 Å². The summed E-state index contributed by atoms with van der Waals surface area (Å²) in [6, 6.07) is 3.57. The molecule has 0 radical (unpaired) electrons. The molecule has 0 saturated heterocycles. The molecule has 0 spiro atoms. The van der Waals surface area contributed by atoms with Crippen LogP contribution in [0.1, 0.15) is 18.9 Å². The molecule has 1 atom stereocenters. The lowest BCUT2D eigenvalue weighted by atomic mass is 10.2. The van der Waals surface area contributed by atoms with E-state index in [9.17, 15) is 5.11 Å². The summed E-state index contributed by atoms with van der Waals surface area (Å²) in [5, 5.41) is 28.3. The van der Waals surface area contributed by atoms with E-state index < -0.39 is 6.10 Å². The van der Waals surface area contributed by atoms with Crippen LogP contribution in [0, 0.1) is 11.3 Å². The second-order valence-electron chi connectivity index (χ2n) is 2.85. The highest BCUT2D eigenvalue weighted by Gasteiger charge is 2.05. The smallest absolute Gasteiger partial charge is 0.166 e. The Balaban J connectivity index is 2.63. The van der Waals surface area contributed by atoms with E-state index >= 15 is 0 Å². The second-order valence-corrected chi connectivity index (χ2v) is 2.85. The third kappa shape index (κ3) is 2.68. The third-order valence-electron chi connectivity index (χ3n) is 1.82. The summed E-state index contributed by atoms with van der Waals surface area (Å²) in [5.41, 5.74) is 0.434. The highest BCUT2D eigenvalue weighted by Crippen LogP contribution is 2.08.